The quantitative estimate of drug-likeness (QED) is 0.502. The average Bonchev–Trinajstić information content (AvgIpc) is 3.39. The maximum atomic E-state index is 8.91. The Hall–Kier alpha value is -3.19. The number of anilines is 3. The summed E-state index contributed by atoms with van der Waals surface area (Å²) in [5.74, 6) is 1.97. The number of aryl methyl sites for hydroxylation is 1. The van der Waals surface area contributed by atoms with Crippen LogP contribution in [0, 0.1) is 18.3 Å². The predicted octanol–water partition coefficient (Wildman–Crippen LogP) is 2.45. The molecule has 10 nitrogen and oxygen atoms in total. The van der Waals surface area contributed by atoms with E-state index in [9.17, 15) is 0 Å². The van der Waals surface area contributed by atoms with Gasteiger partial charge in [-0.05, 0) is 32.6 Å². The van der Waals surface area contributed by atoms with Gasteiger partial charge in [-0.25, -0.2) is 0 Å². The maximum Gasteiger partial charge on any atom is 0.226 e. The largest absolute Gasteiger partial charge is 0.351 e. The molecule has 2 bridgehead atoms. The van der Waals surface area contributed by atoms with Crippen molar-refractivity contribution in [3.8, 4) is 6.07 Å². The van der Waals surface area contributed by atoms with Gasteiger partial charge in [-0.15, -0.1) is 0 Å². The van der Waals surface area contributed by atoms with Crippen LogP contribution < -0.4 is 10.6 Å². The molecular weight excluding hydrogens is 368 g/mol. The molecule has 4 N–H and O–H groups in total. The third kappa shape index (κ3) is 3.49. The first-order valence-electron chi connectivity index (χ1n) is 10.1. The van der Waals surface area contributed by atoms with Crippen molar-refractivity contribution in [2.75, 3.05) is 17.2 Å². The molecule has 2 fully saturated rings. The van der Waals surface area contributed by atoms with Crippen LogP contribution in [0.15, 0.2) is 12.3 Å². The first kappa shape index (κ1) is 17.9. The predicted molar refractivity (Wildman–Crippen MR) is 109 cm³/mol. The lowest BCUT2D eigenvalue weighted by atomic mass is 9.97. The van der Waals surface area contributed by atoms with Gasteiger partial charge in [0.2, 0.25) is 5.95 Å². The Morgan fingerprint density at radius 1 is 1.24 bits per heavy atom. The minimum absolute atomic E-state index is 0.326. The van der Waals surface area contributed by atoms with E-state index in [2.05, 4.69) is 47.0 Å². The molecule has 0 aliphatic carbocycles. The molecule has 2 saturated heterocycles. The van der Waals surface area contributed by atoms with Crippen molar-refractivity contribution in [3.05, 3.63) is 18.0 Å². The van der Waals surface area contributed by atoms with Gasteiger partial charge in [-0.1, -0.05) is 0 Å². The zero-order chi connectivity index (χ0) is 19.8. The van der Waals surface area contributed by atoms with Crippen LogP contribution in [0.25, 0.3) is 11.0 Å². The fourth-order valence-electron chi connectivity index (χ4n) is 4.72. The van der Waals surface area contributed by atoms with Gasteiger partial charge in [0.25, 0.3) is 0 Å². The Labute approximate surface area is 168 Å². The smallest absolute Gasteiger partial charge is 0.226 e. The number of aromatic nitrogens is 6. The lowest BCUT2D eigenvalue weighted by Gasteiger charge is -2.38. The highest BCUT2D eigenvalue weighted by Gasteiger charge is 2.40. The van der Waals surface area contributed by atoms with Gasteiger partial charge in [0.05, 0.1) is 17.7 Å². The number of piperidine rings is 1. The number of hydrogen-bond acceptors (Lipinski definition) is 8. The van der Waals surface area contributed by atoms with Gasteiger partial charge < -0.3 is 10.6 Å². The van der Waals surface area contributed by atoms with E-state index in [1.807, 2.05) is 13.0 Å². The fourth-order valence-corrected chi connectivity index (χ4v) is 4.72. The summed E-state index contributed by atoms with van der Waals surface area (Å²) in [6.45, 7) is 2.84. The molecule has 0 radical (unpaired) electrons. The van der Waals surface area contributed by atoms with Crippen molar-refractivity contribution in [3.63, 3.8) is 0 Å². The molecule has 2 aliphatic rings. The van der Waals surface area contributed by atoms with E-state index in [0.717, 1.165) is 30.5 Å². The summed E-state index contributed by atoms with van der Waals surface area (Å²) < 4.78 is 0. The summed E-state index contributed by atoms with van der Waals surface area (Å²) in [5.41, 5.74) is 1.66. The average molecular weight is 392 g/mol. The number of nitriles is 1. The molecule has 5 heterocycles. The normalized spacial score (nSPS) is 23.9. The Morgan fingerprint density at radius 2 is 2.07 bits per heavy atom. The fraction of sp³-hybridized carbons (Fsp3) is 0.526. The van der Waals surface area contributed by atoms with E-state index in [1.165, 1.54) is 12.8 Å². The lowest BCUT2D eigenvalue weighted by molar-refractivity contribution is 0.135. The molecule has 0 aromatic carbocycles. The van der Waals surface area contributed by atoms with Crippen LogP contribution in [-0.4, -0.2) is 59.9 Å². The molecule has 0 saturated carbocycles. The Kier molecular flexibility index (Phi) is 4.52. The third-order valence-electron chi connectivity index (χ3n) is 5.96. The summed E-state index contributed by atoms with van der Waals surface area (Å²) in [5, 5.41) is 30.7. The molecule has 0 spiro atoms. The Bertz CT molecular complexity index is 1030. The molecule has 0 amide bonds. The molecular formula is C19H24N10. The van der Waals surface area contributed by atoms with Gasteiger partial charge >= 0.3 is 0 Å². The minimum atomic E-state index is 0.326. The standard InChI is InChI=1S/C19H24N10/c1-11-7-16(27-26-11)23-17-15-10-21-28-18(15)25-19(24-17)22-12-8-13-3-4-14(9-12)29(13)6-2-5-20/h7,10,12-14H,2-4,6,8-9H2,1H3,(H4,21,22,23,24,25,26,27,28). The minimum Gasteiger partial charge on any atom is -0.351 e. The number of hydrogen-bond donors (Lipinski definition) is 4. The number of aromatic amines is 2. The molecule has 3 aromatic rings. The topological polar surface area (TPSA) is 134 Å². The molecule has 2 unspecified atom stereocenters. The van der Waals surface area contributed by atoms with Crippen molar-refractivity contribution in [2.45, 2.75) is 57.2 Å². The van der Waals surface area contributed by atoms with Crippen LogP contribution in [0.4, 0.5) is 17.6 Å². The lowest BCUT2D eigenvalue weighted by Crippen LogP contribution is -2.47. The highest BCUT2D eigenvalue weighted by molar-refractivity contribution is 5.88. The molecule has 2 aliphatic heterocycles. The van der Waals surface area contributed by atoms with E-state index in [1.54, 1.807) is 6.20 Å². The van der Waals surface area contributed by atoms with Gasteiger partial charge in [-0.3, -0.25) is 15.1 Å². The molecule has 2 atom stereocenters. The zero-order valence-electron chi connectivity index (χ0n) is 16.3. The monoisotopic (exact) mass is 392 g/mol. The van der Waals surface area contributed by atoms with Gasteiger partial charge in [-0.2, -0.15) is 25.4 Å². The van der Waals surface area contributed by atoms with E-state index >= 15 is 0 Å². The van der Waals surface area contributed by atoms with Crippen molar-refractivity contribution in [2.24, 2.45) is 0 Å². The van der Waals surface area contributed by atoms with Crippen LogP contribution in [0.3, 0.4) is 0 Å². The van der Waals surface area contributed by atoms with Crippen molar-refractivity contribution < 1.29 is 0 Å². The summed E-state index contributed by atoms with van der Waals surface area (Å²) in [6.07, 6.45) is 6.84. The Morgan fingerprint density at radius 3 is 2.79 bits per heavy atom. The van der Waals surface area contributed by atoms with Gasteiger partial charge in [0.15, 0.2) is 11.5 Å². The first-order chi connectivity index (χ1) is 14.2. The van der Waals surface area contributed by atoms with Gasteiger partial charge in [0.1, 0.15) is 5.82 Å². The second-order valence-corrected chi connectivity index (χ2v) is 7.93. The maximum absolute atomic E-state index is 8.91. The van der Waals surface area contributed by atoms with Crippen molar-refractivity contribution >= 4 is 28.6 Å². The van der Waals surface area contributed by atoms with E-state index < -0.39 is 0 Å². The summed E-state index contributed by atoms with van der Waals surface area (Å²) >= 11 is 0. The number of nitrogens with one attached hydrogen (secondary N) is 4. The molecule has 5 rings (SSSR count). The molecule has 150 valence electrons. The summed E-state index contributed by atoms with van der Waals surface area (Å²) in [6, 6.07) is 5.61. The number of H-pyrrole nitrogens is 2. The Balaban J connectivity index is 1.34. The highest BCUT2D eigenvalue weighted by atomic mass is 15.3. The van der Waals surface area contributed by atoms with Gasteiger partial charge in [0, 0.05) is 42.9 Å². The second-order valence-electron chi connectivity index (χ2n) is 7.93. The van der Waals surface area contributed by atoms with Crippen LogP contribution in [-0.2, 0) is 0 Å². The number of rotatable bonds is 6. The summed E-state index contributed by atoms with van der Waals surface area (Å²) in [7, 11) is 0. The van der Waals surface area contributed by atoms with Crippen LogP contribution in [0.2, 0.25) is 0 Å². The summed E-state index contributed by atoms with van der Waals surface area (Å²) in [4.78, 5) is 11.8. The van der Waals surface area contributed by atoms with E-state index in [-0.39, 0.29) is 0 Å². The SMILES string of the molecule is Cc1cc(Nc2nc(NC3CC4CCC(C3)N4CCC#N)nc3[nH]ncc23)n[nH]1. The molecule has 29 heavy (non-hydrogen) atoms. The van der Waals surface area contributed by atoms with Crippen molar-refractivity contribution in [1.29, 1.82) is 5.26 Å². The highest BCUT2D eigenvalue weighted by Crippen LogP contribution is 2.36. The van der Waals surface area contributed by atoms with Crippen LogP contribution >= 0.6 is 0 Å². The molecule has 3 aromatic heterocycles. The van der Waals surface area contributed by atoms with Crippen molar-refractivity contribution in [1.82, 2.24) is 35.3 Å². The third-order valence-corrected chi connectivity index (χ3v) is 5.96. The van der Waals surface area contributed by atoms with Crippen LogP contribution in [0.5, 0.6) is 0 Å². The zero-order valence-corrected chi connectivity index (χ0v) is 16.3. The second kappa shape index (κ2) is 7.33. The number of nitrogens with zero attached hydrogens (tertiary/aromatic N) is 6. The number of fused-ring (bicyclic) bond motifs is 3. The first-order valence-corrected chi connectivity index (χ1v) is 10.1. The van der Waals surface area contributed by atoms with E-state index in [0.29, 0.717) is 47.8 Å². The molecule has 10 heteroatoms. The van der Waals surface area contributed by atoms with Crippen LogP contribution in [0.1, 0.15) is 37.8 Å². The van der Waals surface area contributed by atoms with E-state index in [4.69, 9.17) is 10.2 Å².